The Labute approximate surface area is 121 Å². The number of nitrogen functional groups attached to an aromatic ring is 1. The van der Waals surface area contributed by atoms with Crippen LogP contribution in [0.1, 0.15) is 39.5 Å². The van der Waals surface area contributed by atoms with Crippen molar-refractivity contribution >= 4 is 17.2 Å². The summed E-state index contributed by atoms with van der Waals surface area (Å²) in [4.78, 5) is 15.5. The molecule has 5 nitrogen and oxygen atoms in total. The largest absolute Gasteiger partial charge is 0.459 e. The van der Waals surface area contributed by atoms with Crippen molar-refractivity contribution in [2.75, 3.05) is 6.54 Å². The molecule has 1 aliphatic heterocycles. The molecule has 0 bridgehead atoms. The van der Waals surface area contributed by atoms with E-state index in [0.717, 1.165) is 18.5 Å². The van der Waals surface area contributed by atoms with Gasteiger partial charge < -0.3 is 4.42 Å². The number of nitrogens with one attached hydrogen (secondary N) is 1. The molecule has 0 saturated carbocycles. The third-order valence-corrected chi connectivity index (χ3v) is 4.86. The summed E-state index contributed by atoms with van der Waals surface area (Å²) in [6.45, 7) is 3.88. The Morgan fingerprint density at radius 1 is 1.60 bits per heavy atom. The number of furan rings is 1. The molecule has 3 rings (SSSR count). The van der Waals surface area contributed by atoms with Gasteiger partial charge in [-0.1, -0.05) is 0 Å². The smallest absolute Gasteiger partial charge is 0.301 e. The molecule has 6 heteroatoms. The van der Waals surface area contributed by atoms with Crippen molar-refractivity contribution in [3.05, 3.63) is 45.5 Å². The quantitative estimate of drug-likeness (QED) is 0.516. The fourth-order valence-corrected chi connectivity index (χ4v) is 3.68. The van der Waals surface area contributed by atoms with Gasteiger partial charge in [0.2, 0.25) is 0 Å². The van der Waals surface area contributed by atoms with Gasteiger partial charge in [-0.3, -0.25) is 15.1 Å². The molecular weight excluding hydrogens is 274 g/mol. The van der Waals surface area contributed by atoms with Gasteiger partial charge >= 0.3 is 5.91 Å². The van der Waals surface area contributed by atoms with Crippen LogP contribution in [0.25, 0.3) is 0 Å². The minimum absolute atomic E-state index is 0.302. The molecule has 1 unspecified atom stereocenters. The molecule has 0 aliphatic carbocycles. The van der Waals surface area contributed by atoms with E-state index in [0.29, 0.717) is 18.3 Å². The van der Waals surface area contributed by atoms with Gasteiger partial charge in [0.25, 0.3) is 0 Å². The summed E-state index contributed by atoms with van der Waals surface area (Å²) in [5.41, 5.74) is 4.39. The zero-order valence-electron chi connectivity index (χ0n) is 11.3. The van der Waals surface area contributed by atoms with Crippen LogP contribution in [0.2, 0.25) is 0 Å². The third-order valence-electron chi connectivity index (χ3n) is 3.86. The lowest BCUT2D eigenvalue weighted by atomic mass is 10.0. The van der Waals surface area contributed by atoms with Crippen LogP contribution in [0.15, 0.2) is 28.2 Å². The van der Waals surface area contributed by atoms with Gasteiger partial charge in [0, 0.05) is 29.6 Å². The number of nitrogens with zero attached hydrogens (tertiary/aromatic N) is 1. The van der Waals surface area contributed by atoms with Crippen LogP contribution in [0.5, 0.6) is 0 Å². The molecule has 3 heterocycles. The lowest BCUT2D eigenvalue weighted by Gasteiger charge is -2.33. The highest BCUT2D eigenvalue weighted by molar-refractivity contribution is 7.10. The number of nitrogens with two attached hydrogens (primary N) is 1. The summed E-state index contributed by atoms with van der Waals surface area (Å²) in [6.07, 6.45) is 2.60. The molecule has 1 aliphatic rings. The second-order valence-corrected chi connectivity index (χ2v) is 5.94. The number of fused-ring (bicyclic) bond motifs is 1. The van der Waals surface area contributed by atoms with Gasteiger partial charge in [-0.15, -0.1) is 11.3 Å². The third kappa shape index (κ3) is 2.26. The molecule has 2 aromatic rings. The zero-order valence-corrected chi connectivity index (χ0v) is 12.1. The maximum absolute atomic E-state index is 11.6. The Bertz CT molecular complexity index is 619. The highest BCUT2D eigenvalue weighted by Crippen LogP contribution is 2.34. The highest BCUT2D eigenvalue weighted by atomic mass is 32.1. The number of amides is 1. The van der Waals surface area contributed by atoms with Crippen molar-refractivity contribution < 1.29 is 9.21 Å². The maximum atomic E-state index is 11.6. The average molecular weight is 291 g/mol. The minimum atomic E-state index is -0.383. The molecule has 2 aromatic heterocycles. The summed E-state index contributed by atoms with van der Waals surface area (Å²) in [6, 6.07) is 4.38. The van der Waals surface area contributed by atoms with Crippen molar-refractivity contribution in [3.63, 3.8) is 0 Å². The van der Waals surface area contributed by atoms with Gasteiger partial charge in [0.05, 0.1) is 6.26 Å². The first kappa shape index (κ1) is 13.4. The van der Waals surface area contributed by atoms with E-state index in [9.17, 15) is 4.79 Å². The molecule has 1 atom stereocenters. The molecule has 0 saturated heterocycles. The summed E-state index contributed by atoms with van der Waals surface area (Å²) < 4.78 is 5.23. The SMILES string of the molecule is CC1c2ccsc2CCN1Cc1ccoc1C(=O)NN. The van der Waals surface area contributed by atoms with Crippen molar-refractivity contribution in [2.45, 2.75) is 25.9 Å². The predicted molar refractivity (Wildman–Crippen MR) is 77.2 cm³/mol. The van der Waals surface area contributed by atoms with Gasteiger partial charge in [0.1, 0.15) is 0 Å². The van der Waals surface area contributed by atoms with Gasteiger partial charge in [-0.25, -0.2) is 5.84 Å². The van der Waals surface area contributed by atoms with Crippen molar-refractivity contribution in [1.29, 1.82) is 0 Å². The number of carbonyl (C=O) groups is 1. The Balaban J connectivity index is 1.80. The predicted octanol–water partition coefficient (Wildman–Crippen LogP) is 2.06. The van der Waals surface area contributed by atoms with Crippen LogP contribution in [0.3, 0.4) is 0 Å². The monoisotopic (exact) mass is 291 g/mol. The molecule has 20 heavy (non-hydrogen) atoms. The first-order valence-corrected chi connectivity index (χ1v) is 7.46. The topological polar surface area (TPSA) is 71.5 Å². The zero-order chi connectivity index (χ0) is 14.1. The highest BCUT2D eigenvalue weighted by Gasteiger charge is 2.26. The number of rotatable bonds is 3. The van der Waals surface area contributed by atoms with Crippen LogP contribution < -0.4 is 11.3 Å². The second-order valence-electron chi connectivity index (χ2n) is 4.94. The van der Waals surface area contributed by atoms with Crippen molar-refractivity contribution in [1.82, 2.24) is 10.3 Å². The molecule has 3 N–H and O–H groups in total. The Morgan fingerprint density at radius 3 is 3.25 bits per heavy atom. The van der Waals surface area contributed by atoms with Crippen LogP contribution in [-0.4, -0.2) is 17.4 Å². The van der Waals surface area contributed by atoms with E-state index in [1.165, 1.54) is 16.7 Å². The molecule has 0 aromatic carbocycles. The number of carbonyl (C=O) groups excluding carboxylic acids is 1. The fraction of sp³-hybridized carbons (Fsp3) is 0.357. The van der Waals surface area contributed by atoms with Gasteiger partial charge in [0.15, 0.2) is 5.76 Å². The van der Waals surface area contributed by atoms with E-state index in [1.807, 2.05) is 17.4 Å². The summed E-state index contributed by atoms with van der Waals surface area (Å²) in [5, 5.41) is 2.15. The molecule has 106 valence electrons. The molecule has 0 spiro atoms. The van der Waals surface area contributed by atoms with Crippen molar-refractivity contribution in [2.24, 2.45) is 5.84 Å². The maximum Gasteiger partial charge on any atom is 0.301 e. The van der Waals surface area contributed by atoms with E-state index in [4.69, 9.17) is 10.3 Å². The normalized spacial score (nSPS) is 18.8. The Hall–Kier alpha value is -1.63. The summed E-state index contributed by atoms with van der Waals surface area (Å²) >= 11 is 1.82. The summed E-state index contributed by atoms with van der Waals surface area (Å²) in [5.74, 6) is 5.09. The van der Waals surface area contributed by atoms with E-state index >= 15 is 0 Å². The fourth-order valence-electron chi connectivity index (χ4n) is 2.72. The number of hydrogen-bond donors (Lipinski definition) is 2. The second kappa shape index (κ2) is 5.40. The van der Waals surface area contributed by atoms with Gasteiger partial charge in [-0.05, 0) is 36.4 Å². The molecule has 0 radical (unpaired) electrons. The first-order valence-electron chi connectivity index (χ1n) is 6.58. The van der Waals surface area contributed by atoms with Crippen LogP contribution >= 0.6 is 11.3 Å². The Kier molecular flexibility index (Phi) is 3.60. The lowest BCUT2D eigenvalue weighted by Crippen LogP contribution is -2.34. The van der Waals surface area contributed by atoms with E-state index in [2.05, 4.69) is 28.7 Å². The molecule has 1 amide bonds. The van der Waals surface area contributed by atoms with Gasteiger partial charge in [-0.2, -0.15) is 0 Å². The van der Waals surface area contributed by atoms with E-state index in [-0.39, 0.29) is 5.91 Å². The minimum Gasteiger partial charge on any atom is -0.459 e. The van der Waals surface area contributed by atoms with Crippen LogP contribution in [-0.2, 0) is 13.0 Å². The van der Waals surface area contributed by atoms with Crippen LogP contribution in [0.4, 0.5) is 0 Å². The number of hydrogen-bond acceptors (Lipinski definition) is 5. The summed E-state index contributed by atoms with van der Waals surface area (Å²) in [7, 11) is 0. The van der Waals surface area contributed by atoms with E-state index in [1.54, 1.807) is 0 Å². The molecule has 0 fully saturated rings. The lowest BCUT2D eigenvalue weighted by molar-refractivity contribution is 0.0921. The van der Waals surface area contributed by atoms with E-state index < -0.39 is 0 Å². The molecular formula is C14H17N3O2S. The first-order chi connectivity index (χ1) is 9.70. The standard InChI is InChI=1S/C14H17N3O2S/c1-9-11-4-7-20-12(11)2-5-17(9)8-10-3-6-19-13(10)14(18)16-15/h3-4,6-7,9H,2,5,8,15H2,1H3,(H,16,18). The number of thiophene rings is 1. The van der Waals surface area contributed by atoms with Crippen LogP contribution in [0, 0.1) is 0 Å². The Morgan fingerprint density at radius 2 is 2.45 bits per heavy atom. The number of hydrazine groups is 1. The average Bonchev–Trinajstić information content (AvgIpc) is 3.10. The van der Waals surface area contributed by atoms with Crippen molar-refractivity contribution in [3.8, 4) is 0 Å².